The van der Waals surface area contributed by atoms with E-state index in [4.69, 9.17) is 0 Å². The van der Waals surface area contributed by atoms with E-state index in [0.29, 0.717) is 52.2 Å². The van der Waals surface area contributed by atoms with Crippen molar-refractivity contribution in [1.29, 1.82) is 0 Å². The van der Waals surface area contributed by atoms with Gasteiger partial charge in [0.2, 0.25) is 5.91 Å². The molecular weight excluding hydrogens is 450 g/mol. The number of rotatable bonds is 8. The molecule has 0 atom stereocenters. The van der Waals surface area contributed by atoms with E-state index in [1.165, 1.54) is 24.3 Å². The molecule has 0 unspecified atom stereocenters. The number of halogens is 4. The Kier molecular flexibility index (Phi) is 8.66. The van der Waals surface area contributed by atoms with Crippen molar-refractivity contribution in [2.75, 3.05) is 39.3 Å². The molecule has 0 radical (unpaired) electrons. The van der Waals surface area contributed by atoms with Gasteiger partial charge in [-0.1, -0.05) is 25.1 Å². The Hall–Kier alpha value is -2.94. The Morgan fingerprint density at radius 1 is 1.00 bits per heavy atom. The fourth-order valence-corrected chi connectivity index (χ4v) is 3.92. The van der Waals surface area contributed by atoms with Gasteiger partial charge in [0.25, 0.3) is 5.91 Å². The van der Waals surface area contributed by atoms with E-state index >= 15 is 0 Å². The summed E-state index contributed by atoms with van der Waals surface area (Å²) in [4.78, 5) is 30.7. The van der Waals surface area contributed by atoms with Gasteiger partial charge in [0.1, 0.15) is 5.82 Å². The predicted octanol–water partition coefficient (Wildman–Crippen LogP) is 4.43. The molecule has 1 fully saturated rings. The molecule has 2 amide bonds. The van der Waals surface area contributed by atoms with Crippen LogP contribution in [0.15, 0.2) is 48.5 Å². The zero-order valence-corrected chi connectivity index (χ0v) is 19.2. The highest BCUT2D eigenvalue weighted by atomic mass is 19.4. The molecule has 1 aliphatic heterocycles. The van der Waals surface area contributed by atoms with Crippen LogP contribution in [0.1, 0.15) is 41.3 Å². The summed E-state index contributed by atoms with van der Waals surface area (Å²) in [5.74, 6) is -0.709. The summed E-state index contributed by atoms with van der Waals surface area (Å²) < 4.78 is 52.1. The van der Waals surface area contributed by atoms with E-state index in [1.807, 2.05) is 6.92 Å². The van der Waals surface area contributed by atoms with Crippen molar-refractivity contribution in [2.45, 2.75) is 32.5 Å². The second kappa shape index (κ2) is 11.5. The quantitative estimate of drug-likeness (QED) is 0.526. The van der Waals surface area contributed by atoms with Gasteiger partial charge in [-0.3, -0.25) is 14.5 Å². The van der Waals surface area contributed by atoms with Crippen molar-refractivity contribution < 1.29 is 27.2 Å². The smallest absolute Gasteiger partial charge is 0.337 e. The third kappa shape index (κ3) is 7.03. The number of nitrogens with zero attached hydrogens (tertiary/aromatic N) is 3. The SMILES string of the molecule is CCCC(=O)N(CCN1CCN(C(=O)c2cccc(C(F)(F)F)c2)CC1)Cc1ccc(F)cc1. The van der Waals surface area contributed by atoms with E-state index in [0.717, 1.165) is 24.1 Å². The molecular formula is C25H29F4N3O2. The van der Waals surface area contributed by atoms with Crippen molar-refractivity contribution in [3.05, 3.63) is 71.0 Å². The largest absolute Gasteiger partial charge is 0.416 e. The van der Waals surface area contributed by atoms with Gasteiger partial charge in [0, 0.05) is 57.8 Å². The maximum Gasteiger partial charge on any atom is 0.416 e. The summed E-state index contributed by atoms with van der Waals surface area (Å²) >= 11 is 0. The second-order valence-corrected chi connectivity index (χ2v) is 8.40. The van der Waals surface area contributed by atoms with Crippen LogP contribution in [0.25, 0.3) is 0 Å². The zero-order chi connectivity index (χ0) is 24.7. The highest BCUT2D eigenvalue weighted by molar-refractivity contribution is 5.94. The molecule has 0 bridgehead atoms. The summed E-state index contributed by atoms with van der Waals surface area (Å²) in [7, 11) is 0. The number of amides is 2. The monoisotopic (exact) mass is 479 g/mol. The number of carbonyl (C=O) groups is 2. The minimum Gasteiger partial charge on any atom is -0.337 e. The van der Waals surface area contributed by atoms with Gasteiger partial charge >= 0.3 is 6.18 Å². The van der Waals surface area contributed by atoms with E-state index < -0.39 is 17.6 Å². The lowest BCUT2D eigenvalue weighted by molar-refractivity contribution is -0.137. The third-order valence-corrected chi connectivity index (χ3v) is 5.89. The number of alkyl halides is 3. The Balaban J connectivity index is 1.54. The first-order valence-corrected chi connectivity index (χ1v) is 11.4. The normalized spacial score (nSPS) is 14.8. The van der Waals surface area contributed by atoms with Crippen LogP contribution in [-0.4, -0.2) is 65.8 Å². The number of hydrogen-bond donors (Lipinski definition) is 0. The van der Waals surface area contributed by atoms with Crippen molar-refractivity contribution in [2.24, 2.45) is 0 Å². The van der Waals surface area contributed by atoms with Gasteiger partial charge in [-0.05, 0) is 42.3 Å². The number of benzene rings is 2. The topological polar surface area (TPSA) is 43.9 Å². The second-order valence-electron chi connectivity index (χ2n) is 8.40. The maximum atomic E-state index is 13.2. The molecule has 184 valence electrons. The standard InChI is InChI=1S/C25H29F4N3O2/c1-2-4-23(33)32(18-19-7-9-22(26)10-8-19)16-13-30-11-14-31(15-12-30)24(34)20-5-3-6-21(17-20)25(27,28)29/h3,5-10,17H,2,4,11-16,18H2,1H3. The maximum absolute atomic E-state index is 13.2. The highest BCUT2D eigenvalue weighted by Crippen LogP contribution is 2.29. The third-order valence-electron chi connectivity index (χ3n) is 5.89. The van der Waals surface area contributed by atoms with Crippen molar-refractivity contribution >= 4 is 11.8 Å². The van der Waals surface area contributed by atoms with Gasteiger partial charge in [-0.25, -0.2) is 4.39 Å². The van der Waals surface area contributed by atoms with Crippen LogP contribution in [-0.2, 0) is 17.5 Å². The molecule has 0 N–H and O–H groups in total. The van der Waals surface area contributed by atoms with Crippen LogP contribution in [0.2, 0.25) is 0 Å². The zero-order valence-electron chi connectivity index (χ0n) is 19.2. The number of hydrogen-bond acceptors (Lipinski definition) is 3. The fourth-order valence-electron chi connectivity index (χ4n) is 3.92. The lowest BCUT2D eigenvalue weighted by Crippen LogP contribution is -2.50. The van der Waals surface area contributed by atoms with Crippen molar-refractivity contribution in [1.82, 2.24) is 14.7 Å². The van der Waals surface area contributed by atoms with Crippen LogP contribution in [0.3, 0.4) is 0 Å². The molecule has 0 saturated carbocycles. The number of piperazine rings is 1. The average molecular weight is 480 g/mol. The molecule has 9 heteroatoms. The fraction of sp³-hybridized carbons (Fsp3) is 0.440. The lowest BCUT2D eigenvalue weighted by atomic mass is 10.1. The summed E-state index contributed by atoms with van der Waals surface area (Å²) in [6.07, 6.45) is -3.33. The van der Waals surface area contributed by atoms with Gasteiger partial charge in [-0.15, -0.1) is 0 Å². The van der Waals surface area contributed by atoms with E-state index in [9.17, 15) is 27.2 Å². The van der Waals surface area contributed by atoms with Crippen molar-refractivity contribution in [3.63, 3.8) is 0 Å². The van der Waals surface area contributed by atoms with Crippen LogP contribution >= 0.6 is 0 Å². The first-order valence-electron chi connectivity index (χ1n) is 11.4. The van der Waals surface area contributed by atoms with Crippen LogP contribution < -0.4 is 0 Å². The van der Waals surface area contributed by atoms with Gasteiger partial charge in [0.05, 0.1) is 5.56 Å². The Morgan fingerprint density at radius 2 is 1.68 bits per heavy atom. The molecule has 3 rings (SSSR count). The molecule has 34 heavy (non-hydrogen) atoms. The predicted molar refractivity (Wildman–Crippen MR) is 121 cm³/mol. The molecule has 0 aliphatic carbocycles. The van der Waals surface area contributed by atoms with Crippen LogP contribution in [0.4, 0.5) is 17.6 Å². The van der Waals surface area contributed by atoms with Crippen LogP contribution in [0, 0.1) is 5.82 Å². The minimum absolute atomic E-state index is 0.0268. The lowest BCUT2D eigenvalue weighted by Gasteiger charge is -2.36. The van der Waals surface area contributed by atoms with Gasteiger partial charge < -0.3 is 9.80 Å². The Bertz CT molecular complexity index is 971. The van der Waals surface area contributed by atoms with Crippen LogP contribution in [0.5, 0.6) is 0 Å². The Labute approximate surface area is 196 Å². The first-order chi connectivity index (χ1) is 16.2. The van der Waals surface area contributed by atoms with Crippen molar-refractivity contribution in [3.8, 4) is 0 Å². The molecule has 2 aromatic rings. The van der Waals surface area contributed by atoms with E-state index in [2.05, 4.69) is 4.90 Å². The molecule has 2 aromatic carbocycles. The van der Waals surface area contributed by atoms with Gasteiger partial charge in [-0.2, -0.15) is 13.2 Å². The first kappa shape index (κ1) is 25.7. The number of carbonyl (C=O) groups excluding carboxylic acids is 2. The Morgan fingerprint density at radius 3 is 2.29 bits per heavy atom. The molecule has 0 aromatic heterocycles. The molecule has 1 saturated heterocycles. The molecule has 5 nitrogen and oxygen atoms in total. The summed E-state index contributed by atoms with van der Waals surface area (Å²) in [5, 5.41) is 0. The van der Waals surface area contributed by atoms with Gasteiger partial charge in [0.15, 0.2) is 0 Å². The van der Waals surface area contributed by atoms with E-state index in [1.54, 1.807) is 21.9 Å². The molecule has 1 aliphatic rings. The highest BCUT2D eigenvalue weighted by Gasteiger charge is 2.31. The summed E-state index contributed by atoms with van der Waals surface area (Å²) in [5.41, 5.74) is 0.0382. The molecule has 1 heterocycles. The summed E-state index contributed by atoms with van der Waals surface area (Å²) in [6, 6.07) is 10.6. The molecule has 0 spiro atoms. The average Bonchev–Trinajstić information content (AvgIpc) is 2.82. The van der Waals surface area contributed by atoms with E-state index in [-0.39, 0.29) is 17.3 Å². The minimum atomic E-state index is -4.50. The summed E-state index contributed by atoms with van der Waals surface area (Å²) in [6.45, 7) is 5.38.